The average molecular weight is 303 g/mol. The second-order valence-electron chi connectivity index (χ2n) is 3.86. The lowest BCUT2D eigenvalue weighted by atomic mass is 10.3. The van der Waals surface area contributed by atoms with Crippen molar-refractivity contribution in [3.8, 4) is 11.5 Å². The third-order valence-corrected chi connectivity index (χ3v) is 3.36. The Labute approximate surface area is 113 Å². The van der Waals surface area contributed by atoms with Crippen molar-refractivity contribution < 1.29 is 0 Å². The molecule has 3 aromatic rings. The Balaban J connectivity index is 2.26. The van der Waals surface area contributed by atoms with Gasteiger partial charge in [-0.3, -0.25) is 9.38 Å². The normalized spacial score (nSPS) is 10.8. The number of imidazole rings is 1. The third-order valence-electron chi connectivity index (χ3n) is 2.78. The lowest BCUT2D eigenvalue weighted by Gasteiger charge is -2.03. The minimum Gasteiger partial charge on any atom is -0.388 e. The van der Waals surface area contributed by atoms with Gasteiger partial charge in [-0.25, -0.2) is 4.98 Å². The van der Waals surface area contributed by atoms with Gasteiger partial charge in [-0.05, 0) is 40.2 Å². The second-order valence-corrected chi connectivity index (χ2v) is 4.61. The number of hydrogen-bond acceptors (Lipinski definition) is 3. The van der Waals surface area contributed by atoms with Crippen LogP contribution < -0.4 is 5.32 Å². The largest absolute Gasteiger partial charge is 0.388 e. The van der Waals surface area contributed by atoms with Crippen LogP contribution in [0, 0.1) is 0 Å². The maximum absolute atomic E-state index is 4.52. The fourth-order valence-electron chi connectivity index (χ4n) is 1.88. The molecule has 0 atom stereocenters. The first kappa shape index (κ1) is 11.2. The summed E-state index contributed by atoms with van der Waals surface area (Å²) in [5.41, 5.74) is 2.92. The van der Waals surface area contributed by atoms with Crippen LogP contribution in [0.1, 0.15) is 0 Å². The Bertz CT molecular complexity index is 691. The molecule has 0 aliphatic carbocycles. The van der Waals surface area contributed by atoms with E-state index in [1.165, 1.54) is 0 Å². The molecular weight excluding hydrogens is 292 g/mol. The molecule has 0 aliphatic heterocycles. The summed E-state index contributed by atoms with van der Waals surface area (Å²) in [6, 6.07) is 9.86. The van der Waals surface area contributed by atoms with Gasteiger partial charge in [0.05, 0.1) is 5.52 Å². The molecule has 4 nitrogen and oxygen atoms in total. The van der Waals surface area contributed by atoms with Crippen molar-refractivity contribution in [2.75, 3.05) is 12.4 Å². The predicted molar refractivity (Wildman–Crippen MR) is 75.7 cm³/mol. The highest BCUT2D eigenvalue weighted by Gasteiger charge is 2.11. The van der Waals surface area contributed by atoms with Crippen LogP contribution in [-0.4, -0.2) is 21.4 Å². The van der Waals surface area contributed by atoms with Crippen molar-refractivity contribution in [3.05, 3.63) is 47.3 Å². The Hall–Kier alpha value is -1.88. The molecule has 0 spiro atoms. The maximum atomic E-state index is 4.52. The van der Waals surface area contributed by atoms with Crippen molar-refractivity contribution >= 4 is 27.1 Å². The summed E-state index contributed by atoms with van der Waals surface area (Å²) >= 11 is 3.49. The molecule has 3 heterocycles. The number of nitrogens with one attached hydrogen (secondary N) is 1. The van der Waals surface area contributed by atoms with Crippen molar-refractivity contribution in [1.82, 2.24) is 14.4 Å². The monoisotopic (exact) mass is 302 g/mol. The number of pyridine rings is 2. The molecule has 0 saturated heterocycles. The van der Waals surface area contributed by atoms with Crippen molar-refractivity contribution in [2.45, 2.75) is 0 Å². The third kappa shape index (κ3) is 1.76. The molecule has 3 rings (SSSR count). The van der Waals surface area contributed by atoms with E-state index in [1.807, 2.05) is 48.0 Å². The highest BCUT2D eigenvalue weighted by atomic mass is 79.9. The molecule has 90 valence electrons. The Morgan fingerprint density at radius 3 is 2.89 bits per heavy atom. The van der Waals surface area contributed by atoms with E-state index in [1.54, 1.807) is 6.20 Å². The summed E-state index contributed by atoms with van der Waals surface area (Å²) in [5, 5.41) is 3.12. The van der Waals surface area contributed by atoms with Gasteiger partial charge in [-0.15, -0.1) is 0 Å². The van der Waals surface area contributed by atoms with Crippen LogP contribution in [0.25, 0.3) is 17.0 Å². The summed E-state index contributed by atoms with van der Waals surface area (Å²) < 4.78 is 2.84. The van der Waals surface area contributed by atoms with E-state index in [0.717, 1.165) is 27.3 Å². The molecule has 1 N–H and O–H groups in total. The molecule has 18 heavy (non-hydrogen) atoms. The molecule has 0 radical (unpaired) electrons. The number of hydrogen-bond donors (Lipinski definition) is 1. The quantitative estimate of drug-likeness (QED) is 0.790. The van der Waals surface area contributed by atoms with Crippen molar-refractivity contribution in [3.63, 3.8) is 0 Å². The van der Waals surface area contributed by atoms with Gasteiger partial charge in [0.2, 0.25) is 0 Å². The number of aromatic nitrogens is 3. The Kier molecular flexibility index (Phi) is 2.76. The average Bonchev–Trinajstić information content (AvgIpc) is 2.77. The van der Waals surface area contributed by atoms with Crippen LogP contribution in [0.3, 0.4) is 0 Å². The van der Waals surface area contributed by atoms with E-state index in [-0.39, 0.29) is 0 Å². The number of nitrogens with zero attached hydrogens (tertiary/aromatic N) is 3. The van der Waals surface area contributed by atoms with E-state index < -0.39 is 0 Å². The van der Waals surface area contributed by atoms with Gasteiger partial charge in [0.1, 0.15) is 10.3 Å². The van der Waals surface area contributed by atoms with E-state index in [4.69, 9.17) is 0 Å². The maximum Gasteiger partial charge on any atom is 0.164 e. The number of halogens is 1. The van der Waals surface area contributed by atoms with Gasteiger partial charge in [-0.1, -0.05) is 6.07 Å². The van der Waals surface area contributed by atoms with Crippen LogP contribution in [-0.2, 0) is 0 Å². The summed E-state index contributed by atoms with van der Waals surface area (Å²) in [6.07, 6.45) is 3.76. The topological polar surface area (TPSA) is 42.2 Å². The zero-order valence-corrected chi connectivity index (χ0v) is 11.3. The minimum atomic E-state index is 0.820. The van der Waals surface area contributed by atoms with E-state index in [2.05, 4.69) is 31.2 Å². The van der Waals surface area contributed by atoms with Crippen LogP contribution in [0.15, 0.2) is 47.3 Å². The predicted octanol–water partition coefficient (Wildman–Crippen LogP) is 3.20. The SMILES string of the molecule is CNc1ccn2c(-c3ccccn3)nc(Br)c2c1. The molecule has 0 fully saturated rings. The van der Waals surface area contributed by atoms with Gasteiger partial charge >= 0.3 is 0 Å². The highest BCUT2D eigenvalue weighted by Crippen LogP contribution is 2.26. The molecule has 0 bridgehead atoms. The fraction of sp³-hybridized carbons (Fsp3) is 0.0769. The molecule has 0 aliphatic rings. The van der Waals surface area contributed by atoms with Crippen LogP contribution in [0.5, 0.6) is 0 Å². The van der Waals surface area contributed by atoms with Crippen LogP contribution >= 0.6 is 15.9 Å². The second kappa shape index (κ2) is 4.42. The fourth-order valence-corrected chi connectivity index (χ4v) is 2.35. The molecular formula is C13H11BrN4. The summed E-state index contributed by atoms with van der Waals surface area (Å²) in [5.74, 6) is 0.833. The Morgan fingerprint density at radius 1 is 1.28 bits per heavy atom. The zero-order chi connectivity index (χ0) is 12.5. The van der Waals surface area contributed by atoms with Gasteiger partial charge < -0.3 is 5.32 Å². The first-order chi connectivity index (χ1) is 8.79. The van der Waals surface area contributed by atoms with Gasteiger partial charge in [0, 0.05) is 25.1 Å². The van der Waals surface area contributed by atoms with Gasteiger partial charge in [-0.2, -0.15) is 0 Å². The Morgan fingerprint density at radius 2 is 2.17 bits per heavy atom. The summed E-state index contributed by atoms with van der Waals surface area (Å²) in [6.45, 7) is 0. The first-order valence-electron chi connectivity index (χ1n) is 5.56. The summed E-state index contributed by atoms with van der Waals surface area (Å²) in [7, 11) is 1.90. The van der Waals surface area contributed by atoms with E-state index in [9.17, 15) is 0 Å². The standard InChI is InChI=1S/C13H11BrN4/c1-15-9-5-7-18-11(8-9)12(14)17-13(18)10-4-2-3-6-16-10/h2-8,15H,1H3. The highest BCUT2D eigenvalue weighted by molar-refractivity contribution is 9.10. The first-order valence-corrected chi connectivity index (χ1v) is 6.35. The molecule has 3 aromatic heterocycles. The van der Waals surface area contributed by atoms with Crippen molar-refractivity contribution in [1.29, 1.82) is 0 Å². The number of anilines is 1. The number of fused-ring (bicyclic) bond motifs is 1. The lowest BCUT2D eigenvalue weighted by Crippen LogP contribution is -1.93. The summed E-state index contributed by atoms with van der Waals surface area (Å²) in [4.78, 5) is 8.86. The van der Waals surface area contributed by atoms with Gasteiger partial charge in [0.15, 0.2) is 5.82 Å². The molecule has 0 saturated carbocycles. The molecule has 0 amide bonds. The zero-order valence-electron chi connectivity index (χ0n) is 9.76. The van der Waals surface area contributed by atoms with Crippen LogP contribution in [0.4, 0.5) is 5.69 Å². The van der Waals surface area contributed by atoms with E-state index >= 15 is 0 Å². The van der Waals surface area contributed by atoms with Crippen LogP contribution in [0.2, 0.25) is 0 Å². The van der Waals surface area contributed by atoms with Gasteiger partial charge in [0.25, 0.3) is 0 Å². The smallest absolute Gasteiger partial charge is 0.164 e. The molecule has 0 aromatic carbocycles. The van der Waals surface area contributed by atoms with E-state index in [0.29, 0.717) is 0 Å². The minimum absolute atomic E-state index is 0.820. The molecule has 0 unspecified atom stereocenters. The van der Waals surface area contributed by atoms with Crippen molar-refractivity contribution in [2.24, 2.45) is 0 Å². The number of rotatable bonds is 2. The molecule has 5 heteroatoms. The lowest BCUT2D eigenvalue weighted by molar-refractivity contribution is 1.13.